The van der Waals surface area contributed by atoms with Crippen molar-refractivity contribution in [2.24, 2.45) is 7.05 Å². The third kappa shape index (κ3) is 4.26. The molecule has 33 heavy (non-hydrogen) atoms. The molecule has 0 unspecified atom stereocenters. The molecule has 0 saturated heterocycles. The van der Waals surface area contributed by atoms with Crippen molar-refractivity contribution in [3.63, 3.8) is 0 Å². The quantitative estimate of drug-likeness (QED) is 0.414. The molecule has 0 spiro atoms. The molecule has 1 aliphatic heterocycles. The summed E-state index contributed by atoms with van der Waals surface area (Å²) in [6.07, 6.45) is 10.1. The molecule has 5 rings (SSSR count). The lowest BCUT2D eigenvalue weighted by atomic mass is 10.1. The van der Waals surface area contributed by atoms with Crippen molar-refractivity contribution in [3.05, 3.63) is 89.9 Å². The van der Waals surface area contributed by atoms with Crippen molar-refractivity contribution >= 4 is 26.5 Å². The summed E-state index contributed by atoms with van der Waals surface area (Å²) in [5, 5.41) is 5.21. The smallest absolute Gasteiger partial charge is 0.268 e. The highest BCUT2D eigenvalue weighted by atomic mass is 32.2. The van der Waals surface area contributed by atoms with Gasteiger partial charge in [-0.25, -0.2) is 12.4 Å². The molecule has 3 heterocycles. The summed E-state index contributed by atoms with van der Waals surface area (Å²) in [6.45, 7) is 4.65. The van der Waals surface area contributed by atoms with Crippen molar-refractivity contribution < 1.29 is 8.42 Å². The summed E-state index contributed by atoms with van der Waals surface area (Å²) < 4.78 is 30.2. The number of aromatic nitrogens is 3. The molecule has 2 aromatic heterocycles. The van der Waals surface area contributed by atoms with Crippen LogP contribution >= 0.6 is 0 Å². The summed E-state index contributed by atoms with van der Waals surface area (Å²) in [4.78, 5) is 2.71. The van der Waals surface area contributed by atoms with E-state index in [0.717, 1.165) is 49.0 Å². The molecule has 1 aliphatic rings. The van der Waals surface area contributed by atoms with Crippen molar-refractivity contribution in [1.82, 2.24) is 18.7 Å². The lowest BCUT2D eigenvalue weighted by molar-refractivity contribution is 0.350. The summed E-state index contributed by atoms with van der Waals surface area (Å²) >= 11 is 0. The van der Waals surface area contributed by atoms with Crippen LogP contribution in [-0.2, 0) is 23.5 Å². The van der Waals surface area contributed by atoms with Gasteiger partial charge in [-0.1, -0.05) is 42.0 Å². The van der Waals surface area contributed by atoms with E-state index in [4.69, 9.17) is 0 Å². The number of aryl methyl sites for hydroxylation is 3. The van der Waals surface area contributed by atoms with Crippen molar-refractivity contribution in [3.8, 4) is 0 Å². The molecule has 0 amide bonds. The fourth-order valence-electron chi connectivity index (χ4n) is 4.51. The number of hydrogen-bond acceptors (Lipinski definition) is 4. The predicted molar refractivity (Wildman–Crippen MR) is 132 cm³/mol. The zero-order chi connectivity index (χ0) is 23.0. The van der Waals surface area contributed by atoms with Gasteiger partial charge in [0.25, 0.3) is 10.0 Å². The number of fused-ring (bicyclic) bond motifs is 1. The summed E-state index contributed by atoms with van der Waals surface area (Å²) in [5.41, 5.74) is 5.19. The highest BCUT2D eigenvalue weighted by molar-refractivity contribution is 7.90. The normalized spacial score (nSPS) is 14.8. The number of para-hydroxylation sites is 1. The van der Waals surface area contributed by atoms with E-state index in [0.29, 0.717) is 10.4 Å². The van der Waals surface area contributed by atoms with Crippen LogP contribution in [-0.4, -0.2) is 46.7 Å². The maximum absolute atomic E-state index is 13.5. The van der Waals surface area contributed by atoms with Gasteiger partial charge in [0.05, 0.1) is 16.6 Å². The van der Waals surface area contributed by atoms with Crippen LogP contribution in [0.5, 0.6) is 0 Å². The van der Waals surface area contributed by atoms with E-state index >= 15 is 0 Å². The minimum atomic E-state index is -3.68. The van der Waals surface area contributed by atoms with Crippen LogP contribution in [0.25, 0.3) is 16.5 Å². The number of benzene rings is 2. The molecule has 0 fully saturated rings. The molecule has 7 heteroatoms. The average molecular weight is 461 g/mol. The topological polar surface area (TPSA) is 60.1 Å². The highest BCUT2D eigenvalue weighted by Gasteiger charge is 2.24. The van der Waals surface area contributed by atoms with E-state index in [1.807, 2.05) is 61.2 Å². The summed E-state index contributed by atoms with van der Waals surface area (Å²) in [5.74, 6) is 0. The van der Waals surface area contributed by atoms with Gasteiger partial charge in [-0.15, -0.1) is 0 Å². The summed E-state index contributed by atoms with van der Waals surface area (Å²) in [7, 11) is -1.74. The molecular weight excluding hydrogens is 432 g/mol. The lowest BCUT2D eigenvalue weighted by Gasteiger charge is -2.15. The Hall–Kier alpha value is -3.16. The lowest BCUT2D eigenvalue weighted by Crippen LogP contribution is -2.22. The Labute approximate surface area is 194 Å². The fourth-order valence-corrected chi connectivity index (χ4v) is 5.88. The SMILES string of the molecule is Cc1ccc(S(=O)(=O)n2cc(C3=CCN(CCCc4cnn(C)c4)C3)c3ccccc32)cc1. The first kappa shape index (κ1) is 21.7. The molecule has 6 nitrogen and oxygen atoms in total. The van der Waals surface area contributed by atoms with Gasteiger partial charge < -0.3 is 0 Å². The van der Waals surface area contributed by atoms with Crippen molar-refractivity contribution in [2.75, 3.05) is 19.6 Å². The Balaban J connectivity index is 1.38. The van der Waals surface area contributed by atoms with Crippen LogP contribution in [0.3, 0.4) is 0 Å². The number of rotatable bonds is 7. The Bertz CT molecular complexity index is 1430. The molecule has 4 aromatic rings. The predicted octanol–water partition coefficient (Wildman–Crippen LogP) is 4.25. The largest absolute Gasteiger partial charge is 0.295 e. The number of nitrogens with zero attached hydrogens (tertiary/aromatic N) is 4. The van der Waals surface area contributed by atoms with Crippen molar-refractivity contribution in [2.45, 2.75) is 24.7 Å². The highest BCUT2D eigenvalue weighted by Crippen LogP contribution is 2.32. The van der Waals surface area contributed by atoms with Gasteiger partial charge in [0, 0.05) is 43.5 Å². The number of hydrogen-bond donors (Lipinski definition) is 0. The van der Waals surface area contributed by atoms with E-state index in [1.165, 1.54) is 15.1 Å². The van der Waals surface area contributed by atoms with Gasteiger partial charge >= 0.3 is 0 Å². The zero-order valence-electron chi connectivity index (χ0n) is 19.0. The Morgan fingerprint density at radius 1 is 1.03 bits per heavy atom. The fraction of sp³-hybridized carbons (Fsp3) is 0.269. The Kier molecular flexibility index (Phi) is 5.68. The second kappa shape index (κ2) is 8.65. The molecule has 0 atom stereocenters. The first-order valence-electron chi connectivity index (χ1n) is 11.2. The molecule has 0 saturated carbocycles. The molecular formula is C26H28N4O2S. The van der Waals surface area contributed by atoms with Crippen LogP contribution in [0.15, 0.2) is 78.1 Å². The van der Waals surface area contributed by atoms with Gasteiger partial charge in [-0.05, 0) is 55.6 Å². The van der Waals surface area contributed by atoms with Crippen LogP contribution in [0.1, 0.15) is 23.1 Å². The molecule has 0 radical (unpaired) electrons. The molecule has 0 N–H and O–H groups in total. The van der Waals surface area contributed by atoms with Crippen LogP contribution in [0.2, 0.25) is 0 Å². The minimum Gasteiger partial charge on any atom is -0.295 e. The van der Waals surface area contributed by atoms with E-state index in [2.05, 4.69) is 22.3 Å². The van der Waals surface area contributed by atoms with Crippen LogP contribution in [0.4, 0.5) is 0 Å². The second-order valence-corrected chi connectivity index (χ2v) is 10.6. The average Bonchev–Trinajstić information content (AvgIpc) is 3.53. The monoisotopic (exact) mass is 460 g/mol. The van der Waals surface area contributed by atoms with Gasteiger partial charge in [0.15, 0.2) is 0 Å². The summed E-state index contributed by atoms with van der Waals surface area (Å²) in [6, 6.07) is 14.8. The van der Waals surface area contributed by atoms with Crippen LogP contribution in [0, 0.1) is 6.92 Å². The first-order chi connectivity index (χ1) is 15.9. The van der Waals surface area contributed by atoms with E-state index in [9.17, 15) is 8.42 Å². The molecule has 0 aliphatic carbocycles. The maximum Gasteiger partial charge on any atom is 0.268 e. The third-order valence-corrected chi connectivity index (χ3v) is 7.98. The maximum atomic E-state index is 13.5. The van der Waals surface area contributed by atoms with Gasteiger partial charge in [-0.2, -0.15) is 5.10 Å². The van der Waals surface area contributed by atoms with E-state index < -0.39 is 10.0 Å². The molecule has 170 valence electrons. The van der Waals surface area contributed by atoms with E-state index in [1.54, 1.807) is 18.3 Å². The second-order valence-electron chi connectivity index (χ2n) is 8.76. The third-order valence-electron chi connectivity index (χ3n) is 6.29. The van der Waals surface area contributed by atoms with Gasteiger partial charge in [0.1, 0.15) is 0 Å². The minimum absolute atomic E-state index is 0.304. The van der Waals surface area contributed by atoms with Gasteiger partial charge in [-0.3, -0.25) is 9.58 Å². The Morgan fingerprint density at radius 3 is 2.58 bits per heavy atom. The molecule has 0 bridgehead atoms. The Morgan fingerprint density at radius 2 is 1.82 bits per heavy atom. The standard InChI is InChI=1S/C26H28N4O2S/c1-20-9-11-23(12-10-20)33(31,32)30-19-25(24-7-3-4-8-26(24)30)22-13-15-29(18-22)14-5-6-21-16-27-28(2)17-21/h3-4,7-13,16-17,19H,5-6,14-15,18H2,1-2H3. The first-order valence-corrected chi connectivity index (χ1v) is 12.7. The van der Waals surface area contributed by atoms with Crippen LogP contribution < -0.4 is 0 Å². The van der Waals surface area contributed by atoms with Gasteiger partial charge in [0.2, 0.25) is 0 Å². The van der Waals surface area contributed by atoms with E-state index in [-0.39, 0.29) is 0 Å². The van der Waals surface area contributed by atoms with Crippen molar-refractivity contribution in [1.29, 1.82) is 0 Å². The zero-order valence-corrected chi connectivity index (χ0v) is 19.8. The molecule has 2 aromatic carbocycles.